The number of amides is 1. The number of carbonyl (C=O) groups is 2. The number of aryl methyl sites for hydroxylation is 1. The second kappa shape index (κ2) is 8.32. The van der Waals surface area contributed by atoms with E-state index in [0.29, 0.717) is 19.5 Å². The number of carboxylic acids is 1. The molecule has 1 aromatic carbocycles. The molecule has 0 bridgehead atoms. The molecule has 0 fully saturated rings. The Bertz CT molecular complexity index is 460. The van der Waals surface area contributed by atoms with Gasteiger partial charge in [0.05, 0.1) is 6.54 Å². The van der Waals surface area contributed by atoms with Gasteiger partial charge in [-0.2, -0.15) is 0 Å². The first-order valence-corrected chi connectivity index (χ1v) is 6.71. The highest BCUT2D eigenvalue weighted by atomic mass is 16.4. The Balaban J connectivity index is 2.29. The standard InChI is InChI=1S/C15H22N2O3/c1-12-6-3-4-7-13(12)11-17(2)14(18)10-16-9-5-8-15(19)20/h3-4,6-7,16H,5,8-11H2,1-2H3,(H,19,20). The summed E-state index contributed by atoms with van der Waals surface area (Å²) >= 11 is 0. The van der Waals surface area contributed by atoms with Crippen LogP contribution in [0.15, 0.2) is 24.3 Å². The van der Waals surface area contributed by atoms with Crippen molar-refractivity contribution in [2.75, 3.05) is 20.1 Å². The molecule has 0 heterocycles. The number of hydrogen-bond acceptors (Lipinski definition) is 3. The van der Waals surface area contributed by atoms with Crippen molar-refractivity contribution in [3.8, 4) is 0 Å². The number of nitrogens with zero attached hydrogens (tertiary/aromatic N) is 1. The number of benzene rings is 1. The summed E-state index contributed by atoms with van der Waals surface area (Å²) in [6.45, 7) is 3.39. The molecule has 2 N–H and O–H groups in total. The van der Waals surface area contributed by atoms with Crippen molar-refractivity contribution in [2.24, 2.45) is 0 Å². The van der Waals surface area contributed by atoms with Gasteiger partial charge < -0.3 is 15.3 Å². The van der Waals surface area contributed by atoms with Crippen molar-refractivity contribution >= 4 is 11.9 Å². The quantitative estimate of drug-likeness (QED) is 0.705. The van der Waals surface area contributed by atoms with E-state index in [-0.39, 0.29) is 18.9 Å². The Labute approximate surface area is 119 Å². The smallest absolute Gasteiger partial charge is 0.303 e. The molecule has 110 valence electrons. The Morgan fingerprint density at radius 2 is 2.00 bits per heavy atom. The maximum Gasteiger partial charge on any atom is 0.303 e. The number of carbonyl (C=O) groups excluding carboxylic acids is 1. The van der Waals surface area contributed by atoms with E-state index in [0.717, 1.165) is 5.56 Å². The predicted octanol–water partition coefficient (Wildman–Crippen LogP) is 1.41. The second-order valence-electron chi connectivity index (χ2n) is 4.85. The van der Waals surface area contributed by atoms with Crippen molar-refractivity contribution in [2.45, 2.75) is 26.3 Å². The fourth-order valence-electron chi connectivity index (χ4n) is 1.83. The minimum atomic E-state index is -0.810. The lowest BCUT2D eigenvalue weighted by Gasteiger charge is -2.18. The molecule has 0 radical (unpaired) electrons. The van der Waals surface area contributed by atoms with E-state index in [1.165, 1.54) is 5.56 Å². The Morgan fingerprint density at radius 3 is 2.65 bits per heavy atom. The molecular formula is C15H22N2O3. The molecule has 0 saturated carbocycles. The molecule has 1 rings (SSSR count). The third kappa shape index (κ3) is 5.84. The molecule has 0 atom stereocenters. The summed E-state index contributed by atoms with van der Waals surface area (Å²) in [5, 5.41) is 11.5. The van der Waals surface area contributed by atoms with Gasteiger partial charge in [-0.1, -0.05) is 24.3 Å². The molecule has 0 aliphatic carbocycles. The van der Waals surface area contributed by atoms with Crippen LogP contribution in [0.25, 0.3) is 0 Å². The van der Waals surface area contributed by atoms with Crippen LogP contribution in [0.5, 0.6) is 0 Å². The summed E-state index contributed by atoms with van der Waals surface area (Å²) in [6, 6.07) is 7.98. The van der Waals surface area contributed by atoms with E-state index in [9.17, 15) is 9.59 Å². The topological polar surface area (TPSA) is 69.6 Å². The first kappa shape index (κ1) is 16.2. The minimum Gasteiger partial charge on any atom is -0.481 e. The lowest BCUT2D eigenvalue weighted by Crippen LogP contribution is -2.35. The molecule has 0 aliphatic heterocycles. The van der Waals surface area contributed by atoms with Gasteiger partial charge in [-0.3, -0.25) is 9.59 Å². The summed E-state index contributed by atoms with van der Waals surface area (Å²) in [4.78, 5) is 23.9. The van der Waals surface area contributed by atoms with Crippen molar-refractivity contribution in [3.05, 3.63) is 35.4 Å². The van der Waals surface area contributed by atoms with Crippen molar-refractivity contribution in [3.63, 3.8) is 0 Å². The largest absolute Gasteiger partial charge is 0.481 e. The van der Waals surface area contributed by atoms with E-state index in [1.807, 2.05) is 31.2 Å². The van der Waals surface area contributed by atoms with Gasteiger partial charge in [0.15, 0.2) is 0 Å². The Kier molecular flexibility index (Phi) is 6.73. The number of hydrogen-bond donors (Lipinski definition) is 2. The Morgan fingerprint density at radius 1 is 1.30 bits per heavy atom. The third-order valence-corrected chi connectivity index (χ3v) is 3.11. The van der Waals surface area contributed by atoms with Gasteiger partial charge in [-0.15, -0.1) is 0 Å². The zero-order chi connectivity index (χ0) is 15.0. The van der Waals surface area contributed by atoms with Crippen LogP contribution in [0, 0.1) is 6.92 Å². The summed E-state index contributed by atoms with van der Waals surface area (Å²) in [5.41, 5.74) is 2.30. The van der Waals surface area contributed by atoms with Gasteiger partial charge in [0, 0.05) is 20.0 Å². The summed E-state index contributed by atoms with van der Waals surface area (Å²) in [5.74, 6) is -0.807. The molecule has 5 nitrogen and oxygen atoms in total. The van der Waals surface area contributed by atoms with Crippen molar-refractivity contribution in [1.29, 1.82) is 0 Å². The number of rotatable bonds is 8. The van der Waals surface area contributed by atoms with Gasteiger partial charge in [0.25, 0.3) is 0 Å². The first-order chi connectivity index (χ1) is 9.50. The van der Waals surface area contributed by atoms with Crippen LogP contribution in [-0.4, -0.2) is 42.0 Å². The minimum absolute atomic E-state index is 0.00331. The predicted molar refractivity (Wildman–Crippen MR) is 77.4 cm³/mol. The second-order valence-corrected chi connectivity index (χ2v) is 4.85. The van der Waals surface area contributed by atoms with Gasteiger partial charge in [0.1, 0.15) is 0 Å². The molecule has 1 amide bonds. The highest BCUT2D eigenvalue weighted by Crippen LogP contribution is 2.09. The summed E-state index contributed by atoms with van der Waals surface area (Å²) in [7, 11) is 1.77. The maximum absolute atomic E-state index is 11.9. The van der Waals surface area contributed by atoms with E-state index in [2.05, 4.69) is 5.32 Å². The van der Waals surface area contributed by atoms with Crippen LogP contribution < -0.4 is 5.32 Å². The fraction of sp³-hybridized carbons (Fsp3) is 0.467. The molecule has 20 heavy (non-hydrogen) atoms. The lowest BCUT2D eigenvalue weighted by atomic mass is 10.1. The number of nitrogens with one attached hydrogen (secondary N) is 1. The highest BCUT2D eigenvalue weighted by Gasteiger charge is 2.09. The molecule has 0 spiro atoms. The first-order valence-electron chi connectivity index (χ1n) is 6.71. The van der Waals surface area contributed by atoms with E-state index in [1.54, 1.807) is 11.9 Å². The van der Waals surface area contributed by atoms with Crippen LogP contribution in [0.2, 0.25) is 0 Å². The van der Waals surface area contributed by atoms with Crippen LogP contribution in [0.4, 0.5) is 0 Å². The average Bonchev–Trinajstić information content (AvgIpc) is 2.40. The molecule has 0 aliphatic rings. The van der Waals surface area contributed by atoms with Crippen LogP contribution in [0.1, 0.15) is 24.0 Å². The van der Waals surface area contributed by atoms with Crippen molar-refractivity contribution < 1.29 is 14.7 Å². The van der Waals surface area contributed by atoms with E-state index < -0.39 is 5.97 Å². The third-order valence-electron chi connectivity index (χ3n) is 3.11. The highest BCUT2D eigenvalue weighted by molar-refractivity contribution is 5.78. The zero-order valence-electron chi connectivity index (χ0n) is 12.1. The maximum atomic E-state index is 11.9. The van der Waals surface area contributed by atoms with E-state index in [4.69, 9.17) is 5.11 Å². The molecule has 0 saturated heterocycles. The number of aliphatic carboxylic acids is 1. The number of likely N-dealkylation sites (N-methyl/N-ethyl adjacent to an activating group) is 1. The lowest BCUT2D eigenvalue weighted by molar-refractivity contribution is -0.137. The molecule has 1 aromatic rings. The molecule has 0 aromatic heterocycles. The van der Waals surface area contributed by atoms with Crippen LogP contribution >= 0.6 is 0 Å². The summed E-state index contributed by atoms with van der Waals surface area (Å²) < 4.78 is 0. The zero-order valence-corrected chi connectivity index (χ0v) is 12.1. The number of carboxylic acid groups (broad SMARTS) is 1. The normalized spacial score (nSPS) is 10.3. The average molecular weight is 278 g/mol. The SMILES string of the molecule is Cc1ccccc1CN(C)C(=O)CNCCCC(=O)O. The van der Waals surface area contributed by atoms with E-state index >= 15 is 0 Å². The van der Waals surface area contributed by atoms with Gasteiger partial charge in [-0.05, 0) is 31.0 Å². The van der Waals surface area contributed by atoms with Crippen LogP contribution in [0.3, 0.4) is 0 Å². The van der Waals surface area contributed by atoms with Crippen LogP contribution in [-0.2, 0) is 16.1 Å². The van der Waals surface area contributed by atoms with Gasteiger partial charge in [0.2, 0.25) is 5.91 Å². The van der Waals surface area contributed by atoms with Crippen molar-refractivity contribution in [1.82, 2.24) is 10.2 Å². The van der Waals surface area contributed by atoms with Gasteiger partial charge >= 0.3 is 5.97 Å². The fourth-order valence-corrected chi connectivity index (χ4v) is 1.83. The Hall–Kier alpha value is -1.88. The molecule has 5 heteroatoms. The molecule has 0 unspecified atom stereocenters. The molecular weight excluding hydrogens is 256 g/mol. The monoisotopic (exact) mass is 278 g/mol. The van der Waals surface area contributed by atoms with Gasteiger partial charge in [-0.25, -0.2) is 0 Å². The summed E-state index contributed by atoms with van der Waals surface area (Å²) in [6.07, 6.45) is 0.657.